The van der Waals surface area contributed by atoms with Crippen molar-refractivity contribution in [1.29, 1.82) is 0 Å². The van der Waals surface area contributed by atoms with Gasteiger partial charge in [0, 0.05) is 0 Å². The van der Waals surface area contributed by atoms with Crippen molar-refractivity contribution in [3.05, 3.63) is 182 Å². The second kappa shape index (κ2) is 10.7. The van der Waals surface area contributed by atoms with Crippen molar-refractivity contribution in [2.24, 2.45) is 0 Å². The summed E-state index contributed by atoms with van der Waals surface area (Å²) in [6.07, 6.45) is 0. The molecule has 222 valence electrons. The topological polar surface area (TPSA) is 0 Å². The Labute approximate surface area is 279 Å². The largest absolute Gasteiger partial charge is 0.0622 e. The maximum absolute atomic E-state index is 2.38. The minimum atomic E-state index is 1.23. The van der Waals surface area contributed by atoms with Gasteiger partial charge in [0.25, 0.3) is 0 Å². The first-order chi connectivity index (χ1) is 23.8. The normalized spacial score (nSPS) is 11.8. The van der Waals surface area contributed by atoms with E-state index >= 15 is 0 Å². The predicted octanol–water partition coefficient (Wildman–Crippen LogP) is 13.6. The molecule has 0 N–H and O–H groups in total. The van der Waals surface area contributed by atoms with Gasteiger partial charge < -0.3 is 0 Å². The van der Waals surface area contributed by atoms with Crippen molar-refractivity contribution in [2.45, 2.75) is 0 Å². The van der Waals surface area contributed by atoms with Gasteiger partial charge in [0.15, 0.2) is 0 Å². The summed E-state index contributed by atoms with van der Waals surface area (Å²) in [6.45, 7) is 0. The van der Waals surface area contributed by atoms with E-state index in [1.54, 1.807) is 0 Å². The molecule has 10 rings (SSSR count). The Balaban J connectivity index is 1.14. The van der Waals surface area contributed by atoms with Crippen molar-refractivity contribution >= 4 is 64.6 Å². The quantitative estimate of drug-likeness (QED) is 0.139. The van der Waals surface area contributed by atoms with E-state index in [2.05, 4.69) is 182 Å². The van der Waals surface area contributed by atoms with Crippen LogP contribution in [0.4, 0.5) is 0 Å². The SMILES string of the molecule is c1ccc(-c2c3ccccc3c(-c3ccc4cc(-c5ccc6c7ccccc7c7ccccc7c6c5)ccc4c3)c3ccccc23)cc1. The molecule has 0 saturated carbocycles. The number of hydrogen-bond donors (Lipinski definition) is 0. The van der Waals surface area contributed by atoms with Crippen molar-refractivity contribution in [2.75, 3.05) is 0 Å². The number of fused-ring (bicyclic) bond motifs is 9. The maximum Gasteiger partial charge on any atom is -0.00262 e. The van der Waals surface area contributed by atoms with Crippen LogP contribution in [0.1, 0.15) is 0 Å². The van der Waals surface area contributed by atoms with Gasteiger partial charge in [0.1, 0.15) is 0 Å². The molecule has 0 aliphatic rings. The molecule has 0 bridgehead atoms. The average Bonchev–Trinajstić information content (AvgIpc) is 3.16. The third-order valence-electron chi connectivity index (χ3n) is 10.2. The first kappa shape index (κ1) is 26.9. The lowest BCUT2D eigenvalue weighted by Crippen LogP contribution is -1.91. The highest BCUT2D eigenvalue weighted by atomic mass is 14.2. The fraction of sp³-hybridized carbons (Fsp3) is 0. The van der Waals surface area contributed by atoms with Crippen molar-refractivity contribution in [1.82, 2.24) is 0 Å². The molecule has 0 heterocycles. The summed E-state index contributed by atoms with van der Waals surface area (Å²) in [5, 5.41) is 15.4. The van der Waals surface area contributed by atoms with E-state index in [-0.39, 0.29) is 0 Å². The van der Waals surface area contributed by atoms with Gasteiger partial charge in [-0.25, -0.2) is 0 Å². The highest BCUT2D eigenvalue weighted by molar-refractivity contribution is 6.26. The van der Waals surface area contributed by atoms with Gasteiger partial charge in [-0.05, 0) is 116 Å². The smallest absolute Gasteiger partial charge is 0.00262 e. The molecule has 0 aromatic heterocycles. The monoisotopic (exact) mass is 606 g/mol. The van der Waals surface area contributed by atoms with E-state index in [1.807, 2.05) is 0 Å². The third-order valence-corrected chi connectivity index (χ3v) is 10.2. The molecule has 0 radical (unpaired) electrons. The minimum absolute atomic E-state index is 1.23. The fourth-order valence-electron chi connectivity index (χ4n) is 8.02. The van der Waals surface area contributed by atoms with E-state index in [0.29, 0.717) is 0 Å². The van der Waals surface area contributed by atoms with Gasteiger partial charge >= 0.3 is 0 Å². The predicted molar refractivity (Wildman–Crippen MR) is 208 cm³/mol. The van der Waals surface area contributed by atoms with Gasteiger partial charge in [-0.15, -0.1) is 0 Å². The van der Waals surface area contributed by atoms with E-state index in [4.69, 9.17) is 0 Å². The molecular weight excluding hydrogens is 577 g/mol. The Hall–Kier alpha value is -6.24. The van der Waals surface area contributed by atoms with Crippen LogP contribution in [0.5, 0.6) is 0 Å². The molecule has 0 atom stereocenters. The van der Waals surface area contributed by atoms with Crippen LogP contribution in [0.3, 0.4) is 0 Å². The first-order valence-corrected chi connectivity index (χ1v) is 16.7. The molecule has 0 aliphatic carbocycles. The summed E-state index contributed by atoms with van der Waals surface area (Å²) >= 11 is 0. The summed E-state index contributed by atoms with van der Waals surface area (Å²) in [5.74, 6) is 0. The van der Waals surface area contributed by atoms with Crippen LogP contribution in [0, 0.1) is 0 Å². The van der Waals surface area contributed by atoms with Crippen LogP contribution in [-0.4, -0.2) is 0 Å². The van der Waals surface area contributed by atoms with Crippen LogP contribution >= 0.6 is 0 Å². The lowest BCUT2D eigenvalue weighted by atomic mass is 9.85. The van der Waals surface area contributed by atoms with Crippen molar-refractivity contribution in [3.63, 3.8) is 0 Å². The molecule has 10 aromatic carbocycles. The van der Waals surface area contributed by atoms with E-state index in [0.717, 1.165) is 0 Å². The van der Waals surface area contributed by atoms with Crippen LogP contribution in [0.15, 0.2) is 182 Å². The Morgan fingerprint density at radius 1 is 0.188 bits per heavy atom. The number of rotatable bonds is 3. The molecule has 0 amide bonds. The van der Waals surface area contributed by atoms with Gasteiger partial charge in [0.2, 0.25) is 0 Å². The van der Waals surface area contributed by atoms with Crippen molar-refractivity contribution < 1.29 is 0 Å². The fourth-order valence-corrected chi connectivity index (χ4v) is 8.02. The summed E-state index contributed by atoms with van der Waals surface area (Å²) in [5.41, 5.74) is 7.55. The second-order valence-electron chi connectivity index (χ2n) is 12.8. The molecule has 0 fully saturated rings. The first-order valence-electron chi connectivity index (χ1n) is 16.7. The standard InChI is InChI=1S/C48H30/c1-2-12-31(13-3-1)47-42-18-8-10-20-44(42)48(45-21-11-9-19-43(45)47)36-25-24-32-28-33(22-23-34(32)29-36)35-26-27-41-39-16-5-4-14-37(39)38-15-6-7-17-40(38)46(41)30-35/h1-30H. The Morgan fingerprint density at radius 2 is 0.542 bits per heavy atom. The number of hydrogen-bond acceptors (Lipinski definition) is 0. The highest BCUT2D eigenvalue weighted by Gasteiger charge is 2.17. The van der Waals surface area contributed by atoms with Crippen molar-refractivity contribution in [3.8, 4) is 33.4 Å². The molecule has 0 aliphatic heterocycles. The van der Waals surface area contributed by atoms with Crippen LogP contribution in [-0.2, 0) is 0 Å². The molecular formula is C48H30. The van der Waals surface area contributed by atoms with Crippen LogP contribution < -0.4 is 0 Å². The Morgan fingerprint density at radius 3 is 1.08 bits per heavy atom. The molecule has 0 heteroatoms. The molecule has 0 spiro atoms. The summed E-state index contributed by atoms with van der Waals surface area (Å²) in [6, 6.07) is 67.0. The van der Waals surface area contributed by atoms with Gasteiger partial charge in [-0.3, -0.25) is 0 Å². The van der Waals surface area contributed by atoms with Gasteiger partial charge in [-0.2, -0.15) is 0 Å². The van der Waals surface area contributed by atoms with E-state index in [1.165, 1.54) is 98.0 Å². The van der Waals surface area contributed by atoms with Crippen LogP contribution in [0.2, 0.25) is 0 Å². The second-order valence-corrected chi connectivity index (χ2v) is 12.8. The molecule has 0 nitrogen and oxygen atoms in total. The molecule has 0 unspecified atom stereocenters. The zero-order valence-electron chi connectivity index (χ0n) is 26.3. The minimum Gasteiger partial charge on any atom is -0.0622 e. The zero-order valence-corrected chi connectivity index (χ0v) is 26.3. The lowest BCUT2D eigenvalue weighted by Gasteiger charge is -2.18. The maximum atomic E-state index is 2.38. The third kappa shape index (κ3) is 4.10. The average molecular weight is 607 g/mol. The Kier molecular flexibility index (Phi) is 5.98. The molecule has 48 heavy (non-hydrogen) atoms. The van der Waals surface area contributed by atoms with E-state index in [9.17, 15) is 0 Å². The number of benzene rings is 10. The summed E-state index contributed by atoms with van der Waals surface area (Å²) < 4.78 is 0. The van der Waals surface area contributed by atoms with Crippen LogP contribution in [0.25, 0.3) is 98.0 Å². The van der Waals surface area contributed by atoms with Gasteiger partial charge in [-0.1, -0.05) is 164 Å². The summed E-state index contributed by atoms with van der Waals surface area (Å²) in [7, 11) is 0. The highest BCUT2D eigenvalue weighted by Crippen LogP contribution is 2.44. The Bertz CT molecular complexity index is 2780. The van der Waals surface area contributed by atoms with Gasteiger partial charge in [0.05, 0.1) is 0 Å². The zero-order chi connectivity index (χ0) is 31.6. The lowest BCUT2D eigenvalue weighted by molar-refractivity contribution is 1.66. The summed E-state index contributed by atoms with van der Waals surface area (Å²) in [4.78, 5) is 0. The van der Waals surface area contributed by atoms with E-state index < -0.39 is 0 Å². The molecule has 10 aromatic rings. The molecule has 0 saturated heterocycles.